The van der Waals surface area contributed by atoms with E-state index in [9.17, 15) is 9.00 Å². The van der Waals surface area contributed by atoms with E-state index in [1.807, 2.05) is 45.0 Å². The Morgan fingerprint density at radius 3 is 2.87 bits per heavy atom. The van der Waals surface area contributed by atoms with Crippen molar-refractivity contribution in [2.24, 2.45) is 0 Å². The quantitative estimate of drug-likeness (QED) is 0.838. The number of hydrogen-bond donors (Lipinski definition) is 1. The lowest BCUT2D eigenvalue weighted by atomic mass is 10.2. The Morgan fingerprint density at radius 2 is 2.13 bits per heavy atom. The maximum atomic E-state index is 12.2. The molecule has 128 valence electrons. The van der Waals surface area contributed by atoms with Gasteiger partial charge >= 0.3 is 6.03 Å². The summed E-state index contributed by atoms with van der Waals surface area (Å²) in [6.45, 7) is 7.62. The van der Waals surface area contributed by atoms with Gasteiger partial charge in [0.05, 0.1) is 11.9 Å². The first kappa shape index (κ1) is 17.8. The van der Waals surface area contributed by atoms with Crippen LogP contribution in [0.2, 0.25) is 0 Å². The smallest absolute Gasteiger partial charge is 0.317 e. The van der Waals surface area contributed by atoms with Crippen LogP contribution in [-0.2, 0) is 10.8 Å². The maximum absolute atomic E-state index is 12.2. The minimum atomic E-state index is -0.826. The van der Waals surface area contributed by atoms with E-state index >= 15 is 0 Å². The van der Waals surface area contributed by atoms with Gasteiger partial charge in [-0.25, -0.2) is 4.79 Å². The normalized spacial score (nSPS) is 24.3. The third kappa shape index (κ3) is 4.70. The number of rotatable bonds is 5. The second-order valence-electron chi connectivity index (χ2n) is 5.92. The van der Waals surface area contributed by atoms with Crippen LogP contribution in [0.3, 0.4) is 0 Å². The number of nitrogens with one attached hydrogen (secondary N) is 1. The predicted octanol–water partition coefficient (Wildman–Crippen LogP) is 2.31. The van der Waals surface area contributed by atoms with Crippen molar-refractivity contribution in [2.45, 2.75) is 38.5 Å². The molecule has 1 aromatic carbocycles. The van der Waals surface area contributed by atoms with Crippen molar-refractivity contribution in [3.63, 3.8) is 0 Å². The average molecular weight is 338 g/mol. The van der Waals surface area contributed by atoms with Crippen LogP contribution in [0.1, 0.15) is 25.8 Å². The van der Waals surface area contributed by atoms with Crippen LogP contribution in [0.5, 0.6) is 5.75 Å². The van der Waals surface area contributed by atoms with Crippen LogP contribution < -0.4 is 10.1 Å². The van der Waals surface area contributed by atoms with E-state index in [0.29, 0.717) is 25.4 Å². The lowest BCUT2D eigenvalue weighted by molar-refractivity contribution is 0.178. The molecular weight excluding hydrogens is 312 g/mol. The van der Waals surface area contributed by atoms with Gasteiger partial charge in [0.25, 0.3) is 0 Å². The second-order valence-corrected chi connectivity index (χ2v) is 7.84. The number of ether oxygens (including phenoxy) is 1. The fourth-order valence-electron chi connectivity index (χ4n) is 2.61. The molecule has 0 bridgehead atoms. The number of aryl methyl sites for hydroxylation is 1. The predicted molar refractivity (Wildman–Crippen MR) is 93.3 cm³/mol. The van der Waals surface area contributed by atoms with Crippen LogP contribution in [0.4, 0.5) is 4.79 Å². The lowest BCUT2D eigenvalue weighted by Gasteiger charge is -2.37. The Labute approximate surface area is 140 Å². The molecule has 0 spiro atoms. The van der Waals surface area contributed by atoms with Gasteiger partial charge in [-0.05, 0) is 38.8 Å². The number of amides is 2. The molecule has 23 heavy (non-hydrogen) atoms. The summed E-state index contributed by atoms with van der Waals surface area (Å²) < 4.78 is 17.5. The van der Waals surface area contributed by atoms with Crippen LogP contribution in [0, 0.1) is 6.92 Å². The van der Waals surface area contributed by atoms with Crippen molar-refractivity contribution in [3.05, 3.63) is 29.8 Å². The van der Waals surface area contributed by atoms with Crippen molar-refractivity contribution in [1.82, 2.24) is 10.2 Å². The van der Waals surface area contributed by atoms with Crippen LogP contribution in [0.15, 0.2) is 24.3 Å². The standard InChI is InChI=1S/C17H26N2O3S/c1-13-7-4-5-8-16(13)22-11-6-9-18-17(20)19-10-12-23(21)15(3)14(19)2/h4-5,7-8,14-15H,6,9-12H2,1-3H3,(H,18,20)/t14-,15+,23+/m0/s1. The maximum Gasteiger partial charge on any atom is 0.317 e. The van der Waals surface area contributed by atoms with Gasteiger partial charge in [-0.15, -0.1) is 0 Å². The molecule has 1 aliphatic heterocycles. The summed E-state index contributed by atoms with van der Waals surface area (Å²) in [5, 5.41) is 2.95. The molecule has 1 heterocycles. The number of carbonyl (C=O) groups excluding carboxylic acids is 1. The summed E-state index contributed by atoms with van der Waals surface area (Å²) in [4.78, 5) is 14.0. The van der Waals surface area contributed by atoms with Gasteiger partial charge in [0, 0.05) is 35.7 Å². The molecule has 0 saturated carbocycles. The third-order valence-corrected chi connectivity index (χ3v) is 6.14. The summed E-state index contributed by atoms with van der Waals surface area (Å²) in [5.74, 6) is 1.45. The van der Waals surface area contributed by atoms with Crippen molar-refractivity contribution < 1.29 is 13.7 Å². The largest absolute Gasteiger partial charge is 0.493 e. The lowest BCUT2D eigenvalue weighted by Crippen LogP contribution is -2.55. The van der Waals surface area contributed by atoms with Crippen molar-refractivity contribution in [3.8, 4) is 5.75 Å². The SMILES string of the molecule is Cc1ccccc1OCCCNC(=O)N1CC[S@@](=O)[C@H](C)[C@@H]1C. The summed E-state index contributed by atoms with van der Waals surface area (Å²) in [5.41, 5.74) is 1.11. The second kappa shape index (κ2) is 8.34. The van der Waals surface area contributed by atoms with Gasteiger partial charge in [0.15, 0.2) is 0 Å². The summed E-state index contributed by atoms with van der Waals surface area (Å²) >= 11 is 0. The van der Waals surface area contributed by atoms with E-state index in [-0.39, 0.29) is 17.3 Å². The van der Waals surface area contributed by atoms with Crippen LogP contribution in [0.25, 0.3) is 0 Å². The Balaban J connectivity index is 1.69. The molecule has 0 radical (unpaired) electrons. The molecular formula is C17H26N2O3S. The van der Waals surface area contributed by atoms with Crippen molar-refractivity contribution in [1.29, 1.82) is 0 Å². The van der Waals surface area contributed by atoms with E-state index in [1.54, 1.807) is 4.90 Å². The highest BCUT2D eigenvalue weighted by molar-refractivity contribution is 7.85. The monoisotopic (exact) mass is 338 g/mol. The minimum Gasteiger partial charge on any atom is -0.493 e. The zero-order valence-corrected chi connectivity index (χ0v) is 14.9. The van der Waals surface area contributed by atoms with E-state index in [0.717, 1.165) is 17.7 Å². The first-order valence-electron chi connectivity index (χ1n) is 8.10. The number of para-hydroxylation sites is 1. The Hall–Kier alpha value is -1.56. The summed E-state index contributed by atoms with van der Waals surface area (Å²) in [7, 11) is -0.826. The molecule has 2 amide bonds. The molecule has 1 saturated heterocycles. The highest BCUT2D eigenvalue weighted by Crippen LogP contribution is 2.17. The molecule has 0 aliphatic carbocycles. The number of hydrogen-bond acceptors (Lipinski definition) is 3. The topological polar surface area (TPSA) is 58.6 Å². The van der Waals surface area contributed by atoms with E-state index in [4.69, 9.17) is 4.74 Å². The van der Waals surface area contributed by atoms with Crippen LogP contribution >= 0.6 is 0 Å². The van der Waals surface area contributed by atoms with Gasteiger partial charge in [-0.3, -0.25) is 4.21 Å². The number of urea groups is 1. The average Bonchev–Trinajstić information content (AvgIpc) is 2.54. The highest BCUT2D eigenvalue weighted by Gasteiger charge is 2.32. The molecule has 2 rings (SSSR count). The van der Waals surface area contributed by atoms with Gasteiger partial charge in [0.2, 0.25) is 0 Å². The Kier molecular flexibility index (Phi) is 6.45. The molecule has 0 unspecified atom stereocenters. The van der Waals surface area contributed by atoms with E-state index < -0.39 is 10.8 Å². The molecule has 1 aromatic rings. The van der Waals surface area contributed by atoms with Gasteiger partial charge in [-0.1, -0.05) is 18.2 Å². The molecule has 1 fully saturated rings. The van der Waals surface area contributed by atoms with Crippen LogP contribution in [-0.4, -0.2) is 51.9 Å². The molecule has 1 N–H and O–H groups in total. The molecule has 0 aromatic heterocycles. The van der Waals surface area contributed by atoms with E-state index in [2.05, 4.69) is 5.32 Å². The molecule has 1 aliphatic rings. The zero-order chi connectivity index (χ0) is 16.8. The molecule has 5 nitrogen and oxygen atoms in total. The Bertz CT molecular complexity index is 565. The fraction of sp³-hybridized carbons (Fsp3) is 0.588. The third-order valence-electron chi connectivity index (χ3n) is 4.33. The number of carbonyl (C=O) groups is 1. The number of nitrogens with zero attached hydrogens (tertiary/aromatic N) is 1. The van der Waals surface area contributed by atoms with E-state index in [1.165, 1.54) is 0 Å². The first-order chi connectivity index (χ1) is 11.0. The highest BCUT2D eigenvalue weighted by atomic mass is 32.2. The van der Waals surface area contributed by atoms with Gasteiger partial charge in [-0.2, -0.15) is 0 Å². The fourth-order valence-corrected chi connectivity index (χ4v) is 3.94. The summed E-state index contributed by atoms with van der Waals surface area (Å²) in [6, 6.07) is 7.83. The Morgan fingerprint density at radius 1 is 1.39 bits per heavy atom. The van der Waals surface area contributed by atoms with Gasteiger partial charge < -0.3 is 15.0 Å². The molecule has 3 atom stereocenters. The van der Waals surface area contributed by atoms with Gasteiger partial charge in [0.1, 0.15) is 5.75 Å². The number of benzene rings is 1. The first-order valence-corrected chi connectivity index (χ1v) is 9.49. The van der Waals surface area contributed by atoms with Crippen molar-refractivity contribution >= 4 is 16.8 Å². The minimum absolute atomic E-state index is 0.00722. The molecule has 6 heteroatoms. The van der Waals surface area contributed by atoms with Crippen molar-refractivity contribution in [2.75, 3.05) is 25.4 Å². The zero-order valence-electron chi connectivity index (χ0n) is 14.1. The summed E-state index contributed by atoms with van der Waals surface area (Å²) in [6.07, 6.45) is 0.754.